The van der Waals surface area contributed by atoms with Gasteiger partial charge in [0.05, 0.1) is 23.6 Å². The van der Waals surface area contributed by atoms with Gasteiger partial charge in [-0.3, -0.25) is 19.2 Å². The fraction of sp³-hybridized carbons (Fsp3) is 0.118. The third-order valence-corrected chi connectivity index (χ3v) is 8.49. The van der Waals surface area contributed by atoms with E-state index in [1.807, 2.05) is 42.5 Å². The van der Waals surface area contributed by atoms with Crippen molar-refractivity contribution in [2.45, 2.75) is 12.1 Å². The van der Waals surface area contributed by atoms with Crippen LogP contribution in [-0.2, 0) is 9.59 Å². The highest BCUT2D eigenvalue weighted by Crippen LogP contribution is 2.47. The Balaban J connectivity index is 1.32. The first-order valence-corrected chi connectivity index (χ1v) is 13.7. The Labute approximate surface area is 241 Å². The summed E-state index contributed by atoms with van der Waals surface area (Å²) in [7, 11) is 0. The van der Waals surface area contributed by atoms with Crippen molar-refractivity contribution < 1.29 is 19.2 Å². The molecule has 0 N–H and O–H groups in total. The van der Waals surface area contributed by atoms with E-state index in [2.05, 4.69) is 0 Å². The summed E-state index contributed by atoms with van der Waals surface area (Å²) < 4.78 is 0. The fourth-order valence-corrected chi connectivity index (χ4v) is 6.44. The van der Waals surface area contributed by atoms with E-state index in [1.165, 1.54) is 4.90 Å². The van der Waals surface area contributed by atoms with Gasteiger partial charge in [-0.05, 0) is 53.2 Å². The monoisotopic (exact) mass is 558 g/mol. The van der Waals surface area contributed by atoms with Crippen LogP contribution in [0.3, 0.4) is 0 Å². The largest absolute Gasteiger partial charge is 0.359 e. The lowest BCUT2D eigenvalue weighted by molar-refractivity contribution is -0.123. The lowest BCUT2D eigenvalue weighted by Gasteiger charge is -2.32. The van der Waals surface area contributed by atoms with Crippen molar-refractivity contribution in [3.8, 4) is 0 Å². The summed E-state index contributed by atoms with van der Waals surface area (Å²) in [6.45, 7) is 0. The van der Waals surface area contributed by atoms with E-state index in [9.17, 15) is 19.2 Å². The first kappa shape index (κ1) is 25.2. The number of hydrogen-bond acceptors (Lipinski definition) is 5. The van der Waals surface area contributed by atoms with Gasteiger partial charge >= 0.3 is 0 Å². The predicted octanol–water partition coefficient (Wildman–Crippen LogP) is 5.87. The number of anilines is 1. The number of rotatable bonds is 5. The van der Waals surface area contributed by atoms with E-state index in [4.69, 9.17) is 11.6 Å². The molecule has 200 valence electrons. The summed E-state index contributed by atoms with van der Waals surface area (Å²) in [5.74, 6) is -3.03. The van der Waals surface area contributed by atoms with E-state index in [1.54, 1.807) is 77.8 Å². The summed E-state index contributed by atoms with van der Waals surface area (Å²) in [5, 5.41) is 2.37. The van der Waals surface area contributed by atoms with E-state index >= 15 is 0 Å². The molecule has 2 fully saturated rings. The SMILES string of the molecule is O=C(C1=C[C@@H]2[C@@H]3C(=O)N(c4ccc5ccccc5c4)C(=O)[C@@H]3[C@@H](C(=O)c3ccc(Cl)cc3)N2C=C1)c1ccccc1. The molecule has 2 amide bonds. The van der Waals surface area contributed by atoms with Crippen LogP contribution in [0.15, 0.2) is 121 Å². The van der Waals surface area contributed by atoms with Crippen LogP contribution < -0.4 is 4.90 Å². The first-order valence-electron chi connectivity index (χ1n) is 13.4. The molecular weight excluding hydrogens is 536 g/mol. The molecule has 0 radical (unpaired) electrons. The van der Waals surface area contributed by atoms with Crippen LogP contribution in [0.1, 0.15) is 20.7 Å². The van der Waals surface area contributed by atoms with Gasteiger partial charge in [-0.25, -0.2) is 4.90 Å². The topological polar surface area (TPSA) is 74.8 Å². The average Bonchev–Trinajstić information content (AvgIpc) is 3.48. The Hall–Kier alpha value is -4.81. The van der Waals surface area contributed by atoms with Crippen LogP contribution >= 0.6 is 11.6 Å². The second kappa shape index (κ2) is 9.68. The molecule has 0 spiro atoms. The maximum atomic E-state index is 14.1. The van der Waals surface area contributed by atoms with Gasteiger partial charge in [-0.1, -0.05) is 78.3 Å². The van der Waals surface area contributed by atoms with Crippen LogP contribution in [0.25, 0.3) is 10.8 Å². The van der Waals surface area contributed by atoms with E-state index in [-0.39, 0.29) is 17.5 Å². The minimum absolute atomic E-state index is 0.186. The molecule has 2 saturated heterocycles. The molecule has 3 heterocycles. The van der Waals surface area contributed by atoms with Gasteiger partial charge in [0.25, 0.3) is 0 Å². The number of halogens is 1. The van der Waals surface area contributed by atoms with Crippen LogP contribution in [0.4, 0.5) is 5.69 Å². The molecule has 0 bridgehead atoms. The molecule has 41 heavy (non-hydrogen) atoms. The van der Waals surface area contributed by atoms with Crippen molar-refractivity contribution in [2.24, 2.45) is 11.8 Å². The maximum Gasteiger partial charge on any atom is 0.240 e. The van der Waals surface area contributed by atoms with Crippen LogP contribution in [-0.4, -0.2) is 40.4 Å². The molecule has 0 saturated carbocycles. The third kappa shape index (κ3) is 4.02. The zero-order chi connectivity index (χ0) is 28.2. The van der Waals surface area contributed by atoms with Crippen LogP contribution in [0.5, 0.6) is 0 Å². The highest BCUT2D eigenvalue weighted by Gasteiger charge is 2.63. The Morgan fingerprint density at radius 2 is 1.39 bits per heavy atom. The van der Waals surface area contributed by atoms with Crippen LogP contribution in [0, 0.1) is 11.8 Å². The van der Waals surface area contributed by atoms with E-state index in [0.29, 0.717) is 27.4 Å². The van der Waals surface area contributed by atoms with Crippen molar-refractivity contribution in [1.29, 1.82) is 0 Å². The van der Waals surface area contributed by atoms with Crippen molar-refractivity contribution in [3.05, 3.63) is 137 Å². The Morgan fingerprint density at radius 3 is 2.15 bits per heavy atom. The zero-order valence-electron chi connectivity index (χ0n) is 21.7. The number of amides is 2. The lowest BCUT2D eigenvalue weighted by Crippen LogP contribution is -2.46. The minimum atomic E-state index is -0.922. The molecule has 7 rings (SSSR count). The van der Waals surface area contributed by atoms with Crippen LogP contribution in [0.2, 0.25) is 5.02 Å². The maximum absolute atomic E-state index is 14.1. The molecule has 4 aromatic rings. The summed E-state index contributed by atoms with van der Waals surface area (Å²) in [6.07, 6.45) is 5.07. The fourth-order valence-electron chi connectivity index (χ4n) is 6.31. The molecule has 6 nitrogen and oxygen atoms in total. The summed E-state index contributed by atoms with van der Waals surface area (Å²) in [6, 6.07) is 27.0. The molecule has 7 heteroatoms. The zero-order valence-corrected chi connectivity index (χ0v) is 22.4. The average molecular weight is 559 g/mol. The quantitative estimate of drug-likeness (QED) is 0.226. The third-order valence-electron chi connectivity index (χ3n) is 8.23. The minimum Gasteiger partial charge on any atom is -0.359 e. The Bertz CT molecular complexity index is 1810. The number of imide groups is 1. The smallest absolute Gasteiger partial charge is 0.240 e. The lowest BCUT2D eigenvalue weighted by atomic mass is 9.85. The standard InChI is InChI=1S/C34H23ClN2O4/c35-25-13-10-22(11-14-25)32(39)30-29-28(27-19-24(16-17-36(27)30)31(38)21-7-2-1-3-8-21)33(40)37(34(29)41)26-15-12-20-6-4-5-9-23(20)18-26/h1-19,27-30H/t27-,28+,29+,30+/m1/s1. The molecule has 3 aliphatic heterocycles. The molecule has 0 unspecified atom stereocenters. The normalized spacial score (nSPS) is 23.0. The highest BCUT2D eigenvalue weighted by atomic mass is 35.5. The Morgan fingerprint density at radius 1 is 0.707 bits per heavy atom. The van der Waals surface area contributed by atoms with Gasteiger partial charge in [-0.15, -0.1) is 0 Å². The second-order valence-corrected chi connectivity index (χ2v) is 10.9. The van der Waals surface area contributed by atoms with Gasteiger partial charge in [-0.2, -0.15) is 0 Å². The number of carbonyl (C=O) groups excluding carboxylic acids is 4. The van der Waals surface area contributed by atoms with Crippen molar-refractivity contribution in [2.75, 3.05) is 4.90 Å². The molecule has 4 aromatic carbocycles. The Kier molecular flexibility index (Phi) is 5.94. The van der Waals surface area contributed by atoms with Crippen molar-refractivity contribution in [3.63, 3.8) is 0 Å². The molecule has 4 atom stereocenters. The van der Waals surface area contributed by atoms with E-state index in [0.717, 1.165) is 10.8 Å². The number of carbonyl (C=O) groups is 4. The number of Topliss-reactive ketones (excluding diaryl/α,β-unsaturated/α-hetero) is 2. The summed E-state index contributed by atoms with van der Waals surface area (Å²) in [5.41, 5.74) is 1.80. The van der Waals surface area contributed by atoms with E-state index < -0.39 is 29.8 Å². The first-order chi connectivity index (χ1) is 19.9. The number of benzene rings is 4. The van der Waals surface area contributed by atoms with Crippen molar-refractivity contribution in [1.82, 2.24) is 4.90 Å². The number of allylic oxidation sites excluding steroid dienone is 2. The number of nitrogens with zero attached hydrogens (tertiary/aromatic N) is 2. The molecule has 3 aliphatic rings. The summed E-state index contributed by atoms with van der Waals surface area (Å²) >= 11 is 6.06. The van der Waals surface area contributed by atoms with Gasteiger partial charge in [0.15, 0.2) is 11.6 Å². The van der Waals surface area contributed by atoms with Gasteiger partial charge in [0.1, 0.15) is 6.04 Å². The molecule has 0 aromatic heterocycles. The molecule has 0 aliphatic carbocycles. The number of hydrogen-bond donors (Lipinski definition) is 0. The van der Waals surface area contributed by atoms with Gasteiger partial charge in [0.2, 0.25) is 11.8 Å². The predicted molar refractivity (Wildman–Crippen MR) is 157 cm³/mol. The number of ketones is 2. The highest BCUT2D eigenvalue weighted by molar-refractivity contribution is 6.30. The number of fused-ring (bicyclic) bond motifs is 4. The second-order valence-electron chi connectivity index (χ2n) is 10.5. The van der Waals surface area contributed by atoms with Gasteiger partial charge < -0.3 is 4.90 Å². The van der Waals surface area contributed by atoms with Crippen molar-refractivity contribution >= 4 is 51.4 Å². The summed E-state index contributed by atoms with van der Waals surface area (Å²) in [4.78, 5) is 58.5. The molecular formula is C34H23ClN2O4. The van der Waals surface area contributed by atoms with Gasteiger partial charge in [0, 0.05) is 27.9 Å².